The average molecular weight is 361 g/mol. The van der Waals surface area contributed by atoms with E-state index in [1.807, 2.05) is 0 Å². The molecule has 0 aliphatic heterocycles. The highest BCUT2D eigenvalue weighted by Gasteiger charge is 2.13. The Balaban J connectivity index is 2.39. The Morgan fingerprint density at radius 1 is 1.05 bits per heavy atom. The molecule has 3 N–H and O–H groups in total. The molecule has 21 heavy (non-hydrogen) atoms. The molecule has 0 aromatic heterocycles. The highest BCUT2D eigenvalue weighted by atomic mass is 79.9. The van der Waals surface area contributed by atoms with Crippen molar-refractivity contribution in [3.05, 3.63) is 46.2 Å². The van der Waals surface area contributed by atoms with Crippen LogP contribution in [0.25, 0.3) is 0 Å². The zero-order chi connectivity index (χ0) is 15.6. The predicted molar refractivity (Wildman–Crippen MR) is 79.3 cm³/mol. The SMILES string of the molecule is CCOc1cc(Nc2cc(Br)c(F)cc2F)c(N)cc1F. The number of hydrogen-bond acceptors (Lipinski definition) is 3. The molecule has 0 aliphatic carbocycles. The molecule has 0 atom stereocenters. The van der Waals surface area contributed by atoms with E-state index >= 15 is 0 Å². The van der Waals surface area contributed by atoms with Crippen LogP contribution >= 0.6 is 15.9 Å². The van der Waals surface area contributed by atoms with Crippen molar-refractivity contribution in [1.29, 1.82) is 0 Å². The molecule has 7 heteroatoms. The summed E-state index contributed by atoms with van der Waals surface area (Å²) < 4.78 is 45.7. The van der Waals surface area contributed by atoms with E-state index in [-0.39, 0.29) is 33.9 Å². The first-order chi connectivity index (χ1) is 9.92. The maximum atomic E-state index is 13.7. The van der Waals surface area contributed by atoms with E-state index < -0.39 is 17.5 Å². The molecule has 0 bridgehead atoms. The minimum Gasteiger partial charge on any atom is -0.491 e. The van der Waals surface area contributed by atoms with Gasteiger partial charge >= 0.3 is 0 Å². The van der Waals surface area contributed by atoms with Gasteiger partial charge in [-0.25, -0.2) is 13.2 Å². The first-order valence-electron chi connectivity index (χ1n) is 6.05. The van der Waals surface area contributed by atoms with Gasteiger partial charge in [0.2, 0.25) is 0 Å². The fourth-order valence-electron chi connectivity index (χ4n) is 1.71. The lowest BCUT2D eigenvalue weighted by Gasteiger charge is -2.13. The lowest BCUT2D eigenvalue weighted by molar-refractivity contribution is 0.322. The van der Waals surface area contributed by atoms with Crippen LogP contribution < -0.4 is 15.8 Å². The quantitative estimate of drug-likeness (QED) is 0.619. The number of rotatable bonds is 4. The number of benzene rings is 2. The standard InChI is InChI=1S/C14H12BrF3N2O/c1-2-21-14-6-13(11(19)5-10(14)18)20-12-3-7(15)8(16)4-9(12)17/h3-6,20H,2,19H2,1H3. The van der Waals surface area contributed by atoms with Gasteiger partial charge in [-0.2, -0.15) is 0 Å². The molecule has 3 nitrogen and oxygen atoms in total. The van der Waals surface area contributed by atoms with Gasteiger partial charge in [0.1, 0.15) is 11.6 Å². The number of hydrogen-bond donors (Lipinski definition) is 2. The predicted octanol–water partition coefficient (Wildman–Crippen LogP) is 4.59. The zero-order valence-electron chi connectivity index (χ0n) is 11.0. The molecule has 0 aliphatic rings. The maximum Gasteiger partial charge on any atom is 0.167 e. The summed E-state index contributed by atoms with van der Waals surface area (Å²) in [6.07, 6.45) is 0. The van der Waals surface area contributed by atoms with Crippen molar-refractivity contribution in [3.8, 4) is 5.75 Å². The Morgan fingerprint density at radius 3 is 2.43 bits per heavy atom. The third-order valence-corrected chi connectivity index (χ3v) is 3.29. The number of halogens is 4. The molecule has 0 radical (unpaired) electrons. The molecule has 0 amide bonds. The Bertz CT molecular complexity index is 680. The number of anilines is 3. The zero-order valence-corrected chi connectivity index (χ0v) is 12.6. The van der Waals surface area contributed by atoms with Crippen molar-refractivity contribution < 1.29 is 17.9 Å². The van der Waals surface area contributed by atoms with E-state index in [2.05, 4.69) is 21.2 Å². The summed E-state index contributed by atoms with van der Waals surface area (Å²) in [5.74, 6) is -2.13. The second kappa shape index (κ2) is 6.26. The summed E-state index contributed by atoms with van der Waals surface area (Å²) in [5, 5.41) is 2.69. The molecule has 2 aromatic carbocycles. The van der Waals surface area contributed by atoms with Gasteiger partial charge < -0.3 is 15.8 Å². The summed E-state index contributed by atoms with van der Waals surface area (Å²) in [7, 11) is 0. The van der Waals surface area contributed by atoms with E-state index in [4.69, 9.17) is 10.5 Å². The summed E-state index contributed by atoms with van der Waals surface area (Å²) in [4.78, 5) is 0. The lowest BCUT2D eigenvalue weighted by atomic mass is 10.2. The molecule has 0 heterocycles. The fourth-order valence-corrected chi connectivity index (χ4v) is 2.05. The highest BCUT2D eigenvalue weighted by Crippen LogP contribution is 2.32. The van der Waals surface area contributed by atoms with Crippen LogP contribution in [0.5, 0.6) is 5.75 Å². The van der Waals surface area contributed by atoms with Crippen molar-refractivity contribution >= 4 is 33.0 Å². The molecule has 0 saturated carbocycles. The second-order valence-electron chi connectivity index (χ2n) is 4.17. The van der Waals surface area contributed by atoms with Gasteiger partial charge in [-0.05, 0) is 28.9 Å². The summed E-state index contributed by atoms with van der Waals surface area (Å²) >= 11 is 2.97. The van der Waals surface area contributed by atoms with Crippen molar-refractivity contribution in [3.63, 3.8) is 0 Å². The van der Waals surface area contributed by atoms with Crippen LogP contribution in [-0.4, -0.2) is 6.61 Å². The number of nitrogens with one attached hydrogen (secondary N) is 1. The Morgan fingerprint density at radius 2 is 1.76 bits per heavy atom. The monoisotopic (exact) mass is 360 g/mol. The van der Waals surface area contributed by atoms with Gasteiger partial charge in [0.05, 0.1) is 28.1 Å². The van der Waals surface area contributed by atoms with Crippen LogP contribution in [0.2, 0.25) is 0 Å². The maximum absolute atomic E-state index is 13.7. The van der Waals surface area contributed by atoms with E-state index in [9.17, 15) is 13.2 Å². The van der Waals surface area contributed by atoms with Crippen LogP contribution in [0.4, 0.5) is 30.2 Å². The van der Waals surface area contributed by atoms with Crippen LogP contribution in [0, 0.1) is 17.5 Å². The van der Waals surface area contributed by atoms with Crippen LogP contribution in [0.1, 0.15) is 6.92 Å². The third kappa shape index (κ3) is 3.41. The molecule has 2 rings (SSSR count). The molecular weight excluding hydrogens is 349 g/mol. The normalized spacial score (nSPS) is 10.5. The third-order valence-electron chi connectivity index (χ3n) is 2.68. The van der Waals surface area contributed by atoms with E-state index in [1.54, 1.807) is 6.92 Å². The molecule has 0 unspecified atom stereocenters. The summed E-state index contributed by atoms with van der Waals surface area (Å²) in [6.45, 7) is 1.98. The van der Waals surface area contributed by atoms with Crippen LogP contribution in [-0.2, 0) is 0 Å². The smallest absolute Gasteiger partial charge is 0.167 e. The number of nitrogens with two attached hydrogens (primary N) is 1. The first kappa shape index (κ1) is 15.5. The highest BCUT2D eigenvalue weighted by molar-refractivity contribution is 9.10. The van der Waals surface area contributed by atoms with Crippen molar-refractivity contribution in [2.45, 2.75) is 6.92 Å². The van der Waals surface area contributed by atoms with Crippen LogP contribution in [0.3, 0.4) is 0 Å². The van der Waals surface area contributed by atoms with Gasteiger partial charge in [-0.15, -0.1) is 0 Å². The average Bonchev–Trinajstić information content (AvgIpc) is 2.41. The Labute approximate surface area is 128 Å². The van der Waals surface area contributed by atoms with Gasteiger partial charge in [0, 0.05) is 18.2 Å². The molecular formula is C14H12BrF3N2O. The molecule has 112 valence electrons. The van der Waals surface area contributed by atoms with Gasteiger partial charge in [-0.1, -0.05) is 0 Å². The minimum absolute atomic E-state index is 0.00373. The minimum atomic E-state index is -0.794. The summed E-state index contributed by atoms with van der Waals surface area (Å²) in [6, 6.07) is 4.36. The van der Waals surface area contributed by atoms with Crippen molar-refractivity contribution in [1.82, 2.24) is 0 Å². The van der Waals surface area contributed by atoms with E-state index in [0.717, 1.165) is 12.1 Å². The van der Waals surface area contributed by atoms with Gasteiger partial charge in [0.15, 0.2) is 11.6 Å². The Hall–Kier alpha value is -1.89. The van der Waals surface area contributed by atoms with Gasteiger partial charge in [-0.3, -0.25) is 0 Å². The second-order valence-corrected chi connectivity index (χ2v) is 5.03. The largest absolute Gasteiger partial charge is 0.491 e. The molecule has 0 saturated heterocycles. The molecule has 0 fully saturated rings. The molecule has 2 aromatic rings. The number of nitrogen functional groups attached to an aromatic ring is 1. The molecule has 0 spiro atoms. The van der Waals surface area contributed by atoms with E-state index in [0.29, 0.717) is 0 Å². The van der Waals surface area contributed by atoms with Gasteiger partial charge in [0.25, 0.3) is 0 Å². The number of ether oxygens (including phenoxy) is 1. The van der Waals surface area contributed by atoms with Crippen molar-refractivity contribution in [2.75, 3.05) is 17.7 Å². The van der Waals surface area contributed by atoms with Crippen LogP contribution in [0.15, 0.2) is 28.7 Å². The first-order valence-corrected chi connectivity index (χ1v) is 6.85. The summed E-state index contributed by atoms with van der Waals surface area (Å²) in [5.41, 5.74) is 6.03. The fraction of sp³-hybridized carbons (Fsp3) is 0.143. The lowest BCUT2D eigenvalue weighted by Crippen LogP contribution is -2.02. The van der Waals surface area contributed by atoms with Crippen molar-refractivity contribution in [2.24, 2.45) is 0 Å². The Kier molecular flexibility index (Phi) is 4.62. The topological polar surface area (TPSA) is 47.3 Å². The van der Waals surface area contributed by atoms with E-state index in [1.165, 1.54) is 12.1 Å².